The molecule has 0 saturated heterocycles. The molecule has 1 aromatic carbocycles. The van der Waals surface area contributed by atoms with E-state index >= 15 is 0 Å². The number of hydrogen-bond donors (Lipinski definition) is 2. The number of aromatic hydroxyl groups is 1. The molecule has 0 spiro atoms. The second-order valence-electron chi connectivity index (χ2n) is 3.69. The van der Waals surface area contributed by atoms with Gasteiger partial charge in [0, 0.05) is 18.2 Å². The van der Waals surface area contributed by atoms with Crippen LogP contribution in [-0.2, 0) is 0 Å². The maximum absolute atomic E-state index is 12.3. The third-order valence-corrected chi connectivity index (χ3v) is 2.35. The van der Waals surface area contributed by atoms with Crippen LogP contribution in [0.5, 0.6) is 17.2 Å². The number of benzene rings is 1. The van der Waals surface area contributed by atoms with Gasteiger partial charge in [-0.3, -0.25) is 0 Å². The van der Waals surface area contributed by atoms with Gasteiger partial charge in [0.25, 0.3) is 0 Å². The second-order valence-corrected chi connectivity index (χ2v) is 3.69. The normalized spacial score (nSPS) is 12.5. The van der Waals surface area contributed by atoms with Crippen molar-refractivity contribution in [1.29, 1.82) is 0 Å². The highest BCUT2D eigenvalue weighted by molar-refractivity contribution is 5.85. The highest BCUT2D eigenvalue weighted by atomic mass is 35.5. The van der Waals surface area contributed by atoms with Crippen LogP contribution in [0.15, 0.2) is 12.1 Å². The highest BCUT2D eigenvalue weighted by Gasteiger charge is 2.33. The molecule has 19 heavy (non-hydrogen) atoms. The number of alkyl halides is 3. The molecule has 0 aliphatic carbocycles. The zero-order valence-corrected chi connectivity index (χ0v) is 11.1. The third kappa shape index (κ3) is 4.68. The fourth-order valence-electron chi connectivity index (χ4n) is 1.64. The molecule has 1 aromatic rings. The first-order chi connectivity index (χ1) is 8.28. The van der Waals surface area contributed by atoms with Gasteiger partial charge in [0.15, 0.2) is 0 Å². The minimum atomic E-state index is -4.40. The number of methoxy groups -OCH3 is 2. The van der Waals surface area contributed by atoms with E-state index in [2.05, 4.69) is 0 Å². The standard InChI is InChI=1S/C11H14F3NO3.ClH/c1-17-8-3-6(16)4-9(18-2)10(8)7(15)5-11(12,13)14;/h3-4,7,16H,5,15H2,1-2H3;1H/t7-;/m1./s1. The molecule has 0 aliphatic rings. The molecule has 0 unspecified atom stereocenters. The largest absolute Gasteiger partial charge is 0.508 e. The summed E-state index contributed by atoms with van der Waals surface area (Å²) in [5.41, 5.74) is 5.60. The van der Waals surface area contributed by atoms with Gasteiger partial charge in [-0.15, -0.1) is 12.4 Å². The molecule has 8 heteroatoms. The Balaban J connectivity index is 0.00000324. The lowest BCUT2D eigenvalue weighted by atomic mass is 10.0. The molecule has 0 heterocycles. The van der Waals surface area contributed by atoms with Crippen molar-refractivity contribution in [3.63, 3.8) is 0 Å². The van der Waals surface area contributed by atoms with Crippen LogP contribution in [-0.4, -0.2) is 25.5 Å². The lowest BCUT2D eigenvalue weighted by Gasteiger charge is -2.20. The van der Waals surface area contributed by atoms with Crippen LogP contribution in [0.25, 0.3) is 0 Å². The lowest BCUT2D eigenvalue weighted by Crippen LogP contribution is -2.21. The van der Waals surface area contributed by atoms with E-state index in [9.17, 15) is 18.3 Å². The average Bonchev–Trinajstić information content (AvgIpc) is 2.24. The van der Waals surface area contributed by atoms with E-state index in [-0.39, 0.29) is 35.2 Å². The summed E-state index contributed by atoms with van der Waals surface area (Å²) in [5, 5.41) is 9.37. The second kappa shape index (κ2) is 6.72. The number of phenolic OH excluding ortho intramolecular Hbond substituents is 1. The topological polar surface area (TPSA) is 64.7 Å². The van der Waals surface area contributed by atoms with Crippen LogP contribution in [0.1, 0.15) is 18.0 Å². The van der Waals surface area contributed by atoms with Crippen molar-refractivity contribution in [3.05, 3.63) is 17.7 Å². The van der Waals surface area contributed by atoms with Crippen molar-refractivity contribution in [1.82, 2.24) is 0 Å². The Bertz CT molecular complexity index is 401. The molecule has 4 nitrogen and oxygen atoms in total. The first kappa shape index (κ1) is 17.7. The third-order valence-electron chi connectivity index (χ3n) is 2.35. The Hall–Kier alpha value is -1.34. The van der Waals surface area contributed by atoms with E-state index in [1.54, 1.807) is 0 Å². The summed E-state index contributed by atoms with van der Waals surface area (Å²) < 4.78 is 46.8. The average molecular weight is 302 g/mol. The summed E-state index contributed by atoms with van der Waals surface area (Å²) in [7, 11) is 2.55. The Labute approximate surface area is 114 Å². The number of ether oxygens (including phenoxy) is 2. The van der Waals surface area contributed by atoms with Crippen LogP contribution in [0, 0.1) is 0 Å². The maximum atomic E-state index is 12.3. The fraction of sp³-hybridized carbons (Fsp3) is 0.455. The number of phenols is 1. The predicted molar refractivity (Wildman–Crippen MR) is 66.1 cm³/mol. The van der Waals surface area contributed by atoms with Crippen LogP contribution in [0.2, 0.25) is 0 Å². The van der Waals surface area contributed by atoms with E-state index in [1.807, 2.05) is 0 Å². The SMILES string of the molecule is COc1cc(O)cc(OC)c1[C@H](N)CC(F)(F)F.Cl. The van der Waals surface area contributed by atoms with E-state index in [4.69, 9.17) is 15.2 Å². The van der Waals surface area contributed by atoms with Crippen molar-refractivity contribution in [3.8, 4) is 17.2 Å². The van der Waals surface area contributed by atoms with Crippen molar-refractivity contribution >= 4 is 12.4 Å². The minimum Gasteiger partial charge on any atom is -0.508 e. The summed E-state index contributed by atoms with van der Waals surface area (Å²) in [6.45, 7) is 0. The summed E-state index contributed by atoms with van der Waals surface area (Å²) in [5.74, 6) is -0.0566. The minimum absolute atomic E-state index is 0. The van der Waals surface area contributed by atoms with Gasteiger partial charge in [0.05, 0.1) is 26.2 Å². The van der Waals surface area contributed by atoms with E-state index in [0.717, 1.165) is 0 Å². The van der Waals surface area contributed by atoms with Gasteiger partial charge in [-0.1, -0.05) is 0 Å². The molecule has 0 radical (unpaired) electrons. The predicted octanol–water partition coefficient (Wildman–Crippen LogP) is 2.78. The summed E-state index contributed by atoms with van der Waals surface area (Å²) in [6.07, 6.45) is -5.60. The van der Waals surface area contributed by atoms with Gasteiger partial charge in [-0.2, -0.15) is 13.2 Å². The van der Waals surface area contributed by atoms with Crippen molar-refractivity contribution in [2.24, 2.45) is 5.73 Å². The van der Waals surface area contributed by atoms with Gasteiger partial charge in [-0.25, -0.2) is 0 Å². The number of hydrogen-bond acceptors (Lipinski definition) is 4. The van der Waals surface area contributed by atoms with Crippen molar-refractivity contribution in [2.75, 3.05) is 14.2 Å². The molecule has 3 N–H and O–H groups in total. The lowest BCUT2D eigenvalue weighted by molar-refractivity contribution is -0.138. The maximum Gasteiger partial charge on any atom is 0.390 e. The molecule has 1 rings (SSSR count). The van der Waals surface area contributed by atoms with Gasteiger partial charge < -0.3 is 20.3 Å². The highest BCUT2D eigenvalue weighted by Crippen LogP contribution is 2.40. The molecular formula is C11H15ClF3NO3. The molecule has 110 valence electrons. The van der Waals surface area contributed by atoms with Gasteiger partial charge in [0.1, 0.15) is 17.2 Å². The number of nitrogens with two attached hydrogens (primary N) is 1. The van der Waals surface area contributed by atoms with Crippen molar-refractivity contribution in [2.45, 2.75) is 18.6 Å². The summed E-state index contributed by atoms with van der Waals surface area (Å²) in [4.78, 5) is 0. The van der Waals surface area contributed by atoms with Crippen molar-refractivity contribution < 1.29 is 27.8 Å². The van der Waals surface area contributed by atoms with Crippen LogP contribution >= 0.6 is 12.4 Å². The molecule has 0 aromatic heterocycles. The molecule has 0 amide bonds. The molecule has 0 aliphatic heterocycles. The molecular weight excluding hydrogens is 287 g/mol. The molecule has 0 saturated carbocycles. The van der Waals surface area contributed by atoms with E-state index in [1.165, 1.54) is 26.4 Å². The zero-order valence-electron chi connectivity index (χ0n) is 10.3. The van der Waals surface area contributed by atoms with Crippen LogP contribution in [0.3, 0.4) is 0 Å². The molecule has 0 fully saturated rings. The quantitative estimate of drug-likeness (QED) is 0.897. The fourth-order valence-corrected chi connectivity index (χ4v) is 1.64. The number of rotatable bonds is 4. The smallest absolute Gasteiger partial charge is 0.390 e. The Morgan fingerprint density at radius 3 is 1.95 bits per heavy atom. The Morgan fingerprint density at radius 2 is 1.63 bits per heavy atom. The van der Waals surface area contributed by atoms with Crippen LogP contribution < -0.4 is 15.2 Å². The van der Waals surface area contributed by atoms with Gasteiger partial charge in [-0.05, 0) is 0 Å². The van der Waals surface area contributed by atoms with Gasteiger partial charge in [0.2, 0.25) is 0 Å². The van der Waals surface area contributed by atoms with E-state index in [0.29, 0.717) is 0 Å². The van der Waals surface area contributed by atoms with Crippen LogP contribution in [0.4, 0.5) is 13.2 Å². The molecule has 1 atom stereocenters. The summed E-state index contributed by atoms with van der Waals surface area (Å²) >= 11 is 0. The monoisotopic (exact) mass is 301 g/mol. The van der Waals surface area contributed by atoms with Gasteiger partial charge >= 0.3 is 6.18 Å². The summed E-state index contributed by atoms with van der Waals surface area (Å²) in [6, 6.07) is 1.05. The molecule has 0 bridgehead atoms. The first-order valence-electron chi connectivity index (χ1n) is 5.05. The van der Waals surface area contributed by atoms with E-state index < -0.39 is 18.6 Å². The Morgan fingerprint density at radius 1 is 1.21 bits per heavy atom. The Kier molecular flexibility index (Phi) is 6.24. The zero-order chi connectivity index (χ0) is 13.9. The first-order valence-corrected chi connectivity index (χ1v) is 5.05. The number of halogens is 4.